The van der Waals surface area contributed by atoms with Crippen LogP contribution in [0.25, 0.3) is 0 Å². The van der Waals surface area contributed by atoms with Crippen LogP contribution in [0.1, 0.15) is 19.3 Å². The Bertz CT molecular complexity index is 214. The molecule has 0 saturated heterocycles. The van der Waals surface area contributed by atoms with Gasteiger partial charge in [0.05, 0.1) is 0 Å². The van der Waals surface area contributed by atoms with Crippen LogP contribution in [0.2, 0.25) is 0 Å². The van der Waals surface area contributed by atoms with Crippen molar-refractivity contribution in [2.45, 2.75) is 19.3 Å². The molecule has 3 aliphatic rings. The first kappa shape index (κ1) is 4.32. The second-order valence-corrected chi connectivity index (χ2v) is 3.56. The van der Waals surface area contributed by atoms with Gasteiger partial charge in [-0.1, -0.05) is 18.2 Å². The Morgan fingerprint density at radius 1 is 1.44 bits per heavy atom. The summed E-state index contributed by atoms with van der Waals surface area (Å²) in [5.74, 6) is 1.12. The van der Waals surface area contributed by atoms with Crippen molar-refractivity contribution in [1.29, 1.82) is 0 Å². The summed E-state index contributed by atoms with van der Waals surface area (Å²) in [4.78, 5) is 0. The molecule has 9 heavy (non-hydrogen) atoms. The maximum Gasteiger partial charge on any atom is -0.00154 e. The largest absolute Gasteiger partial charge is 0.0804 e. The minimum absolute atomic E-state index is 0.771. The minimum atomic E-state index is 0.771. The van der Waals surface area contributed by atoms with Gasteiger partial charge in [0.2, 0.25) is 0 Å². The van der Waals surface area contributed by atoms with Gasteiger partial charge in [-0.25, -0.2) is 0 Å². The van der Waals surface area contributed by atoms with Crippen LogP contribution in [0, 0.1) is 11.3 Å². The molecule has 0 bridgehead atoms. The molecular weight excluding hydrogens is 108 g/mol. The number of fused-ring (bicyclic) bond motifs is 1. The van der Waals surface area contributed by atoms with Crippen LogP contribution in [0.15, 0.2) is 23.8 Å². The van der Waals surface area contributed by atoms with Gasteiger partial charge in [-0.05, 0) is 36.2 Å². The summed E-state index contributed by atoms with van der Waals surface area (Å²) in [6.07, 6.45) is 11.2. The predicted octanol–water partition coefficient (Wildman–Crippen LogP) is 2.28. The molecule has 3 rings (SSSR count). The quantitative estimate of drug-likeness (QED) is 0.495. The summed E-state index contributed by atoms with van der Waals surface area (Å²) in [7, 11) is 0. The van der Waals surface area contributed by atoms with Gasteiger partial charge < -0.3 is 0 Å². The van der Waals surface area contributed by atoms with E-state index in [1.54, 1.807) is 5.57 Å². The number of hydrogen-bond acceptors (Lipinski definition) is 0. The lowest BCUT2D eigenvalue weighted by atomic mass is 10.1. The van der Waals surface area contributed by atoms with E-state index in [0.29, 0.717) is 0 Å². The van der Waals surface area contributed by atoms with Crippen molar-refractivity contribution in [1.82, 2.24) is 0 Å². The Balaban J connectivity index is 2.00. The zero-order chi connectivity index (χ0) is 5.90. The zero-order valence-corrected chi connectivity index (χ0v) is 5.43. The Morgan fingerprint density at radius 2 is 2.22 bits per heavy atom. The lowest BCUT2D eigenvalue weighted by molar-refractivity contribution is 0.769. The maximum atomic E-state index is 2.40. The molecule has 46 valence electrons. The van der Waals surface area contributed by atoms with E-state index in [-0.39, 0.29) is 0 Å². The first-order chi connectivity index (χ1) is 4.42. The molecule has 0 N–H and O–H groups in total. The third-order valence-electron chi connectivity index (χ3n) is 3.03. The van der Waals surface area contributed by atoms with Crippen LogP contribution < -0.4 is 0 Å². The Kier molecular flexibility index (Phi) is 0.493. The van der Waals surface area contributed by atoms with E-state index in [4.69, 9.17) is 0 Å². The molecular formula is C9H10. The highest BCUT2D eigenvalue weighted by Crippen LogP contribution is 2.79. The molecule has 0 amide bonds. The molecule has 3 aliphatic carbocycles. The van der Waals surface area contributed by atoms with Crippen LogP contribution in [0.5, 0.6) is 0 Å². The smallest absolute Gasteiger partial charge is 0.00154 e. The summed E-state index contributed by atoms with van der Waals surface area (Å²) in [5.41, 5.74) is 2.43. The van der Waals surface area contributed by atoms with Gasteiger partial charge in [-0.3, -0.25) is 0 Å². The molecule has 0 aromatic rings. The second-order valence-electron chi connectivity index (χ2n) is 3.56. The van der Waals surface area contributed by atoms with Crippen molar-refractivity contribution >= 4 is 0 Å². The van der Waals surface area contributed by atoms with Gasteiger partial charge >= 0.3 is 0 Å². The summed E-state index contributed by atoms with van der Waals surface area (Å²) in [5, 5.41) is 0. The van der Waals surface area contributed by atoms with Gasteiger partial charge in [-0.2, -0.15) is 0 Å². The van der Waals surface area contributed by atoms with Crippen molar-refractivity contribution in [2.75, 3.05) is 0 Å². The maximum absolute atomic E-state index is 2.40. The Labute approximate surface area is 55.3 Å². The first-order valence-electron chi connectivity index (χ1n) is 3.79. The SMILES string of the molecule is C1=CC(C23CC2C3)=CC1. The van der Waals surface area contributed by atoms with Crippen LogP contribution >= 0.6 is 0 Å². The zero-order valence-electron chi connectivity index (χ0n) is 5.43. The third kappa shape index (κ3) is 0.375. The fraction of sp³-hybridized carbons (Fsp3) is 0.556. The second kappa shape index (κ2) is 1.03. The highest BCUT2D eigenvalue weighted by molar-refractivity contribution is 5.45. The molecule has 0 atom stereocenters. The molecule has 0 heterocycles. The van der Waals surface area contributed by atoms with Gasteiger partial charge in [0, 0.05) is 0 Å². The van der Waals surface area contributed by atoms with Gasteiger partial charge in [0.1, 0.15) is 0 Å². The van der Waals surface area contributed by atoms with E-state index in [2.05, 4.69) is 18.2 Å². The molecule has 0 heteroatoms. The standard InChI is InChI=1S/C9H10/c1-2-4-7(3-1)9-5-8(9)6-9/h1,3-4,8H,2,5-6H2. The molecule has 0 spiro atoms. The van der Waals surface area contributed by atoms with Crippen molar-refractivity contribution in [2.24, 2.45) is 11.3 Å². The van der Waals surface area contributed by atoms with Gasteiger partial charge in [-0.15, -0.1) is 0 Å². The fourth-order valence-corrected chi connectivity index (χ4v) is 2.00. The first-order valence-corrected chi connectivity index (χ1v) is 3.79. The monoisotopic (exact) mass is 118 g/mol. The van der Waals surface area contributed by atoms with E-state index < -0.39 is 0 Å². The number of hydrogen-bond donors (Lipinski definition) is 0. The third-order valence-corrected chi connectivity index (χ3v) is 3.03. The molecule has 0 nitrogen and oxygen atoms in total. The summed E-state index contributed by atoms with van der Waals surface area (Å²) < 4.78 is 0. The fourth-order valence-electron chi connectivity index (χ4n) is 2.00. The highest BCUT2D eigenvalue weighted by Gasteiger charge is 2.70. The number of rotatable bonds is 1. The normalized spacial score (nSPS) is 50.7. The lowest BCUT2D eigenvalue weighted by Crippen LogP contribution is -1.85. The molecule has 0 aromatic carbocycles. The molecule has 0 aromatic heterocycles. The number of allylic oxidation sites excluding steroid dienone is 4. The summed E-state index contributed by atoms with van der Waals surface area (Å²) >= 11 is 0. The predicted molar refractivity (Wildman–Crippen MR) is 37.0 cm³/mol. The van der Waals surface area contributed by atoms with E-state index in [1.165, 1.54) is 19.3 Å². The van der Waals surface area contributed by atoms with E-state index in [0.717, 1.165) is 11.3 Å². The average Bonchev–Trinajstić information content (AvgIpc) is 2.56. The van der Waals surface area contributed by atoms with Crippen molar-refractivity contribution < 1.29 is 0 Å². The van der Waals surface area contributed by atoms with E-state index in [9.17, 15) is 0 Å². The molecule has 2 fully saturated rings. The van der Waals surface area contributed by atoms with Gasteiger partial charge in [0.15, 0.2) is 0 Å². The molecule has 2 saturated carbocycles. The van der Waals surface area contributed by atoms with E-state index in [1.807, 2.05) is 0 Å². The topological polar surface area (TPSA) is 0 Å². The van der Waals surface area contributed by atoms with Crippen molar-refractivity contribution in [3.8, 4) is 0 Å². The molecule has 0 aliphatic heterocycles. The van der Waals surface area contributed by atoms with Crippen molar-refractivity contribution in [3.63, 3.8) is 0 Å². The van der Waals surface area contributed by atoms with Crippen molar-refractivity contribution in [3.05, 3.63) is 23.8 Å². The molecule has 0 unspecified atom stereocenters. The minimum Gasteiger partial charge on any atom is -0.0804 e. The van der Waals surface area contributed by atoms with E-state index >= 15 is 0 Å². The average molecular weight is 118 g/mol. The summed E-state index contributed by atoms with van der Waals surface area (Å²) in [6, 6.07) is 0. The Morgan fingerprint density at radius 3 is 2.67 bits per heavy atom. The van der Waals surface area contributed by atoms with Crippen LogP contribution in [0.3, 0.4) is 0 Å². The lowest BCUT2D eigenvalue weighted by Gasteiger charge is -1.98. The Hall–Kier alpha value is -0.520. The van der Waals surface area contributed by atoms with Crippen LogP contribution in [-0.4, -0.2) is 0 Å². The van der Waals surface area contributed by atoms with Crippen LogP contribution in [0.4, 0.5) is 0 Å². The van der Waals surface area contributed by atoms with Crippen LogP contribution in [-0.2, 0) is 0 Å². The van der Waals surface area contributed by atoms with Gasteiger partial charge in [0.25, 0.3) is 0 Å². The summed E-state index contributed by atoms with van der Waals surface area (Å²) in [6.45, 7) is 0. The molecule has 0 radical (unpaired) electrons. The highest BCUT2D eigenvalue weighted by atomic mass is 14.7.